The van der Waals surface area contributed by atoms with Gasteiger partial charge in [-0.1, -0.05) is 23.8 Å². The minimum absolute atomic E-state index is 0.406. The lowest BCUT2D eigenvalue weighted by molar-refractivity contribution is 0.0610. The predicted octanol–water partition coefficient (Wildman–Crippen LogP) is 1.99. The highest BCUT2D eigenvalue weighted by Crippen LogP contribution is 2.11. The van der Waals surface area contributed by atoms with Crippen LogP contribution < -0.4 is 5.32 Å². The molecule has 19 heavy (non-hydrogen) atoms. The van der Waals surface area contributed by atoms with Gasteiger partial charge in [0.25, 0.3) is 5.91 Å². The van der Waals surface area contributed by atoms with Crippen LogP contribution in [0, 0.1) is 6.92 Å². The lowest BCUT2D eigenvalue weighted by atomic mass is 10.1. The summed E-state index contributed by atoms with van der Waals surface area (Å²) in [6.45, 7) is 1.91. The van der Waals surface area contributed by atoms with Gasteiger partial charge < -0.3 is 10.4 Å². The first-order chi connectivity index (χ1) is 9.08. The van der Waals surface area contributed by atoms with Crippen molar-refractivity contribution in [1.82, 2.24) is 5.32 Å². The zero-order valence-electron chi connectivity index (χ0n) is 10.3. The number of nitrogens with one attached hydrogen (secondary N) is 1. The Morgan fingerprint density at radius 2 is 1.89 bits per heavy atom. The van der Waals surface area contributed by atoms with Gasteiger partial charge in [0.2, 0.25) is 5.78 Å². The van der Waals surface area contributed by atoms with Crippen molar-refractivity contribution in [3.05, 3.63) is 57.8 Å². The molecule has 1 aromatic heterocycles. The van der Waals surface area contributed by atoms with Gasteiger partial charge in [0.15, 0.2) is 6.23 Å². The van der Waals surface area contributed by atoms with Crippen molar-refractivity contribution < 1.29 is 14.7 Å². The van der Waals surface area contributed by atoms with Gasteiger partial charge in [-0.3, -0.25) is 9.59 Å². The predicted molar refractivity (Wildman–Crippen MR) is 73.3 cm³/mol. The van der Waals surface area contributed by atoms with Crippen LogP contribution in [-0.4, -0.2) is 23.0 Å². The topological polar surface area (TPSA) is 66.4 Å². The Hall–Kier alpha value is -1.98. The third-order valence-corrected chi connectivity index (χ3v) is 3.48. The maximum absolute atomic E-state index is 11.8. The Morgan fingerprint density at radius 1 is 1.21 bits per heavy atom. The SMILES string of the molecule is Cc1ccc(C(=O)NC(O)C(=O)c2cccs2)cc1. The summed E-state index contributed by atoms with van der Waals surface area (Å²) >= 11 is 1.22. The number of hydrogen-bond acceptors (Lipinski definition) is 4. The molecule has 0 aliphatic carbocycles. The van der Waals surface area contributed by atoms with E-state index in [1.165, 1.54) is 11.3 Å². The third kappa shape index (κ3) is 3.27. The summed E-state index contributed by atoms with van der Waals surface area (Å²) in [5, 5.41) is 13.7. The number of aryl methyl sites for hydroxylation is 1. The van der Waals surface area contributed by atoms with Crippen LogP contribution in [0.4, 0.5) is 0 Å². The molecule has 1 unspecified atom stereocenters. The van der Waals surface area contributed by atoms with Crippen LogP contribution in [0.3, 0.4) is 0 Å². The van der Waals surface area contributed by atoms with Gasteiger partial charge in [-0.05, 0) is 30.5 Å². The second-order valence-corrected chi connectivity index (χ2v) is 5.03. The number of benzene rings is 1. The molecule has 0 radical (unpaired) electrons. The number of hydrogen-bond donors (Lipinski definition) is 2. The molecule has 2 aromatic rings. The van der Waals surface area contributed by atoms with Gasteiger partial charge in [-0.25, -0.2) is 0 Å². The molecule has 1 heterocycles. The normalized spacial score (nSPS) is 11.9. The highest BCUT2D eigenvalue weighted by atomic mass is 32.1. The van der Waals surface area contributed by atoms with E-state index in [1.54, 1.807) is 41.8 Å². The molecule has 4 nitrogen and oxygen atoms in total. The molecule has 0 aliphatic heterocycles. The number of thiophene rings is 1. The molecule has 0 spiro atoms. The van der Waals surface area contributed by atoms with Crippen molar-refractivity contribution in [1.29, 1.82) is 0 Å². The highest BCUT2D eigenvalue weighted by molar-refractivity contribution is 7.12. The molecule has 1 atom stereocenters. The van der Waals surface area contributed by atoms with Crippen LogP contribution in [0.25, 0.3) is 0 Å². The quantitative estimate of drug-likeness (QED) is 0.662. The average Bonchev–Trinajstić information content (AvgIpc) is 2.92. The van der Waals surface area contributed by atoms with Crippen LogP contribution in [0.1, 0.15) is 25.6 Å². The molecule has 0 fully saturated rings. The third-order valence-electron chi connectivity index (χ3n) is 2.59. The van der Waals surface area contributed by atoms with Crippen molar-refractivity contribution in [2.24, 2.45) is 0 Å². The Kier molecular flexibility index (Phi) is 4.09. The number of amides is 1. The Labute approximate surface area is 114 Å². The van der Waals surface area contributed by atoms with Crippen LogP contribution in [0.5, 0.6) is 0 Å². The molecule has 1 aromatic carbocycles. The van der Waals surface area contributed by atoms with Crippen LogP contribution in [-0.2, 0) is 0 Å². The Morgan fingerprint density at radius 3 is 2.47 bits per heavy atom. The van der Waals surface area contributed by atoms with E-state index in [0.29, 0.717) is 10.4 Å². The summed E-state index contributed by atoms with van der Waals surface area (Å²) in [5.74, 6) is -0.979. The van der Waals surface area contributed by atoms with Gasteiger partial charge in [0, 0.05) is 5.56 Å². The summed E-state index contributed by atoms with van der Waals surface area (Å²) in [4.78, 5) is 24.0. The van der Waals surface area contributed by atoms with Gasteiger partial charge >= 0.3 is 0 Å². The molecule has 0 bridgehead atoms. The smallest absolute Gasteiger partial charge is 0.253 e. The van der Waals surface area contributed by atoms with Gasteiger partial charge in [0.05, 0.1) is 4.88 Å². The lowest BCUT2D eigenvalue weighted by Gasteiger charge is -2.11. The average molecular weight is 275 g/mol. The number of rotatable bonds is 4. The maximum atomic E-state index is 11.8. The molecule has 1 amide bonds. The Bertz CT molecular complexity index is 575. The van der Waals surface area contributed by atoms with E-state index in [2.05, 4.69) is 5.32 Å². The summed E-state index contributed by atoms with van der Waals surface area (Å²) < 4.78 is 0. The molecule has 2 rings (SSSR count). The first kappa shape index (κ1) is 13.5. The molecular formula is C14H13NO3S. The summed E-state index contributed by atoms with van der Waals surface area (Å²) in [5.41, 5.74) is 1.44. The van der Waals surface area contributed by atoms with Crippen LogP contribution in [0.15, 0.2) is 41.8 Å². The van der Waals surface area contributed by atoms with E-state index in [1.807, 2.05) is 6.92 Å². The number of aliphatic hydroxyl groups is 1. The first-order valence-corrected chi connectivity index (χ1v) is 6.59. The summed E-state index contributed by atoms with van der Waals surface area (Å²) in [7, 11) is 0. The highest BCUT2D eigenvalue weighted by Gasteiger charge is 2.20. The number of carbonyl (C=O) groups is 2. The van der Waals surface area contributed by atoms with E-state index < -0.39 is 17.9 Å². The van der Waals surface area contributed by atoms with Crippen molar-refractivity contribution in [2.45, 2.75) is 13.2 Å². The van der Waals surface area contributed by atoms with Crippen molar-refractivity contribution >= 4 is 23.0 Å². The molecular weight excluding hydrogens is 262 g/mol. The van der Waals surface area contributed by atoms with E-state index in [0.717, 1.165) is 5.56 Å². The fraction of sp³-hybridized carbons (Fsp3) is 0.143. The number of Topliss-reactive ketones (excluding diaryl/α,β-unsaturated/α-hetero) is 1. The van der Waals surface area contributed by atoms with Crippen LogP contribution in [0.2, 0.25) is 0 Å². The molecule has 98 valence electrons. The van der Waals surface area contributed by atoms with Crippen molar-refractivity contribution in [3.8, 4) is 0 Å². The van der Waals surface area contributed by atoms with E-state index in [4.69, 9.17) is 0 Å². The van der Waals surface area contributed by atoms with E-state index in [9.17, 15) is 14.7 Å². The number of carbonyl (C=O) groups excluding carboxylic acids is 2. The molecule has 0 saturated heterocycles. The van der Waals surface area contributed by atoms with E-state index in [-0.39, 0.29) is 0 Å². The number of ketones is 1. The molecule has 5 heteroatoms. The fourth-order valence-electron chi connectivity index (χ4n) is 1.53. The summed E-state index contributed by atoms with van der Waals surface area (Å²) in [6.07, 6.45) is -1.52. The van der Waals surface area contributed by atoms with Gasteiger partial charge in [-0.2, -0.15) is 0 Å². The second kappa shape index (κ2) is 5.77. The van der Waals surface area contributed by atoms with Crippen molar-refractivity contribution in [2.75, 3.05) is 0 Å². The minimum Gasteiger partial charge on any atom is -0.367 e. The molecule has 0 saturated carbocycles. The minimum atomic E-state index is -1.52. The largest absolute Gasteiger partial charge is 0.367 e. The van der Waals surface area contributed by atoms with Crippen LogP contribution >= 0.6 is 11.3 Å². The van der Waals surface area contributed by atoms with Crippen molar-refractivity contribution in [3.63, 3.8) is 0 Å². The first-order valence-electron chi connectivity index (χ1n) is 5.71. The molecule has 0 aliphatic rings. The number of aliphatic hydroxyl groups excluding tert-OH is 1. The zero-order chi connectivity index (χ0) is 13.8. The fourth-order valence-corrected chi connectivity index (χ4v) is 2.22. The van der Waals surface area contributed by atoms with Gasteiger partial charge in [-0.15, -0.1) is 11.3 Å². The van der Waals surface area contributed by atoms with E-state index >= 15 is 0 Å². The standard InChI is InChI=1S/C14H13NO3S/c1-9-4-6-10(7-5-9)13(17)15-14(18)12(16)11-3-2-8-19-11/h2-8,14,18H,1H3,(H,15,17). The zero-order valence-corrected chi connectivity index (χ0v) is 11.1. The maximum Gasteiger partial charge on any atom is 0.253 e. The molecule has 2 N–H and O–H groups in total. The second-order valence-electron chi connectivity index (χ2n) is 4.08. The monoisotopic (exact) mass is 275 g/mol. The Balaban J connectivity index is 2.02. The lowest BCUT2D eigenvalue weighted by Crippen LogP contribution is -2.40. The van der Waals surface area contributed by atoms with Gasteiger partial charge in [0.1, 0.15) is 0 Å². The summed E-state index contributed by atoms with van der Waals surface area (Å²) in [6, 6.07) is 10.2.